The van der Waals surface area contributed by atoms with Crippen LogP contribution in [0.2, 0.25) is 0 Å². The molecular weight excluding hydrogens is 281 g/mol. The number of halogens is 2. The molecule has 0 bridgehead atoms. The van der Waals surface area contributed by atoms with Gasteiger partial charge in [0.1, 0.15) is 5.82 Å². The average molecular weight is 302 g/mol. The SMILES string of the molecule is CCNC(CCC(C)C)c1cccc(Br)c1F. The van der Waals surface area contributed by atoms with E-state index >= 15 is 0 Å². The van der Waals surface area contributed by atoms with Gasteiger partial charge in [0.05, 0.1) is 4.47 Å². The molecule has 0 amide bonds. The van der Waals surface area contributed by atoms with Crippen LogP contribution in [0.3, 0.4) is 0 Å². The van der Waals surface area contributed by atoms with Gasteiger partial charge in [-0.25, -0.2) is 4.39 Å². The molecule has 0 fully saturated rings. The first-order valence-electron chi connectivity index (χ1n) is 6.23. The molecule has 0 aliphatic rings. The molecule has 1 nitrogen and oxygen atoms in total. The Labute approximate surface area is 112 Å². The molecule has 0 aromatic heterocycles. The van der Waals surface area contributed by atoms with Gasteiger partial charge >= 0.3 is 0 Å². The average Bonchev–Trinajstić information content (AvgIpc) is 2.28. The Kier molecular flexibility index (Phi) is 6.14. The highest BCUT2D eigenvalue weighted by atomic mass is 79.9. The molecule has 0 saturated heterocycles. The summed E-state index contributed by atoms with van der Waals surface area (Å²) in [4.78, 5) is 0. The Hall–Kier alpha value is -0.410. The van der Waals surface area contributed by atoms with E-state index in [0.717, 1.165) is 24.9 Å². The predicted molar refractivity (Wildman–Crippen MR) is 74.6 cm³/mol. The fourth-order valence-electron chi connectivity index (χ4n) is 1.90. The summed E-state index contributed by atoms with van der Waals surface area (Å²) in [7, 11) is 0. The molecule has 96 valence electrons. The van der Waals surface area contributed by atoms with Crippen molar-refractivity contribution in [3.63, 3.8) is 0 Å². The van der Waals surface area contributed by atoms with E-state index in [9.17, 15) is 4.39 Å². The summed E-state index contributed by atoms with van der Waals surface area (Å²) in [6, 6.07) is 5.61. The largest absolute Gasteiger partial charge is 0.310 e. The highest BCUT2D eigenvalue weighted by Gasteiger charge is 2.16. The molecule has 1 unspecified atom stereocenters. The van der Waals surface area contributed by atoms with Gasteiger partial charge in [0.15, 0.2) is 0 Å². The molecule has 0 aliphatic carbocycles. The number of rotatable bonds is 6. The second-order valence-corrected chi connectivity index (χ2v) is 5.58. The quantitative estimate of drug-likeness (QED) is 0.805. The molecule has 0 saturated carbocycles. The lowest BCUT2D eigenvalue weighted by atomic mass is 9.97. The maximum absolute atomic E-state index is 14.0. The number of benzene rings is 1. The van der Waals surface area contributed by atoms with E-state index in [-0.39, 0.29) is 11.9 Å². The van der Waals surface area contributed by atoms with Crippen LogP contribution in [0.25, 0.3) is 0 Å². The van der Waals surface area contributed by atoms with Gasteiger partial charge in [0, 0.05) is 11.6 Å². The van der Waals surface area contributed by atoms with Crippen molar-refractivity contribution in [2.75, 3.05) is 6.54 Å². The van der Waals surface area contributed by atoms with E-state index in [1.54, 1.807) is 6.07 Å². The van der Waals surface area contributed by atoms with Crippen LogP contribution in [0.5, 0.6) is 0 Å². The summed E-state index contributed by atoms with van der Waals surface area (Å²) < 4.78 is 14.6. The Morgan fingerprint density at radius 2 is 2.00 bits per heavy atom. The first-order chi connectivity index (χ1) is 8.06. The minimum atomic E-state index is -0.137. The van der Waals surface area contributed by atoms with E-state index in [4.69, 9.17) is 0 Å². The zero-order valence-corrected chi connectivity index (χ0v) is 12.3. The molecule has 0 radical (unpaired) electrons. The van der Waals surface area contributed by atoms with Crippen LogP contribution >= 0.6 is 15.9 Å². The van der Waals surface area contributed by atoms with Crippen LogP contribution in [0.15, 0.2) is 22.7 Å². The molecule has 0 heterocycles. The van der Waals surface area contributed by atoms with Gasteiger partial charge in [-0.05, 0) is 47.3 Å². The van der Waals surface area contributed by atoms with Crippen molar-refractivity contribution < 1.29 is 4.39 Å². The van der Waals surface area contributed by atoms with E-state index in [2.05, 4.69) is 42.0 Å². The van der Waals surface area contributed by atoms with Crippen LogP contribution in [0, 0.1) is 11.7 Å². The lowest BCUT2D eigenvalue weighted by molar-refractivity contribution is 0.433. The molecule has 17 heavy (non-hydrogen) atoms. The van der Waals surface area contributed by atoms with E-state index < -0.39 is 0 Å². The topological polar surface area (TPSA) is 12.0 Å². The van der Waals surface area contributed by atoms with Gasteiger partial charge in [-0.1, -0.05) is 32.9 Å². The van der Waals surface area contributed by atoms with Crippen molar-refractivity contribution in [1.82, 2.24) is 5.32 Å². The number of hydrogen-bond acceptors (Lipinski definition) is 1. The Morgan fingerprint density at radius 3 is 2.59 bits per heavy atom. The second-order valence-electron chi connectivity index (χ2n) is 4.72. The summed E-state index contributed by atoms with van der Waals surface area (Å²) >= 11 is 3.24. The molecule has 1 atom stereocenters. The summed E-state index contributed by atoms with van der Waals surface area (Å²) in [5.41, 5.74) is 0.766. The first-order valence-corrected chi connectivity index (χ1v) is 7.02. The fraction of sp³-hybridized carbons (Fsp3) is 0.571. The Balaban J connectivity index is 2.85. The maximum Gasteiger partial charge on any atom is 0.142 e. The predicted octanol–water partition coefficient (Wildman–Crippen LogP) is 4.68. The van der Waals surface area contributed by atoms with Gasteiger partial charge in [-0.15, -0.1) is 0 Å². The third-order valence-corrected chi connectivity index (χ3v) is 3.45. The molecule has 1 rings (SSSR count). The fourth-order valence-corrected chi connectivity index (χ4v) is 2.29. The van der Waals surface area contributed by atoms with Crippen LogP contribution in [-0.2, 0) is 0 Å². The summed E-state index contributed by atoms with van der Waals surface area (Å²) in [6.07, 6.45) is 2.07. The monoisotopic (exact) mass is 301 g/mol. The highest BCUT2D eigenvalue weighted by molar-refractivity contribution is 9.10. The summed E-state index contributed by atoms with van der Waals surface area (Å²) in [5, 5.41) is 3.36. The molecule has 0 spiro atoms. The zero-order valence-electron chi connectivity index (χ0n) is 10.8. The van der Waals surface area contributed by atoms with Crippen molar-refractivity contribution in [3.8, 4) is 0 Å². The van der Waals surface area contributed by atoms with Gasteiger partial charge in [-0.3, -0.25) is 0 Å². The zero-order chi connectivity index (χ0) is 12.8. The van der Waals surface area contributed by atoms with E-state index in [1.165, 1.54) is 0 Å². The highest BCUT2D eigenvalue weighted by Crippen LogP contribution is 2.27. The second kappa shape index (κ2) is 7.12. The van der Waals surface area contributed by atoms with Crippen LogP contribution < -0.4 is 5.32 Å². The van der Waals surface area contributed by atoms with Gasteiger partial charge in [0.25, 0.3) is 0 Å². The Morgan fingerprint density at radius 1 is 1.29 bits per heavy atom. The van der Waals surface area contributed by atoms with Gasteiger partial charge in [0.2, 0.25) is 0 Å². The lowest BCUT2D eigenvalue weighted by Crippen LogP contribution is -2.22. The van der Waals surface area contributed by atoms with Crippen LogP contribution in [-0.4, -0.2) is 6.54 Å². The molecular formula is C14H21BrFN. The molecule has 0 aliphatic heterocycles. The van der Waals surface area contributed by atoms with Crippen LogP contribution in [0.1, 0.15) is 45.2 Å². The minimum Gasteiger partial charge on any atom is -0.310 e. The molecule has 3 heteroatoms. The standard InChI is InChI=1S/C14H21BrFN/c1-4-17-13(9-8-10(2)3)11-6-5-7-12(15)14(11)16/h5-7,10,13,17H,4,8-9H2,1-3H3. The third-order valence-electron chi connectivity index (χ3n) is 2.84. The first kappa shape index (κ1) is 14.7. The van der Waals surface area contributed by atoms with Crippen LogP contribution in [0.4, 0.5) is 4.39 Å². The third kappa shape index (κ3) is 4.40. The smallest absolute Gasteiger partial charge is 0.142 e. The maximum atomic E-state index is 14.0. The molecule has 1 aromatic carbocycles. The molecule has 1 N–H and O–H groups in total. The van der Waals surface area contributed by atoms with Crippen molar-refractivity contribution >= 4 is 15.9 Å². The summed E-state index contributed by atoms with van der Waals surface area (Å²) in [6.45, 7) is 7.30. The van der Waals surface area contributed by atoms with Crippen molar-refractivity contribution in [3.05, 3.63) is 34.1 Å². The van der Waals surface area contributed by atoms with Crippen molar-refractivity contribution in [1.29, 1.82) is 0 Å². The van der Waals surface area contributed by atoms with E-state index in [1.807, 2.05) is 12.1 Å². The van der Waals surface area contributed by atoms with E-state index in [0.29, 0.717) is 10.4 Å². The van der Waals surface area contributed by atoms with Gasteiger partial charge in [-0.2, -0.15) is 0 Å². The van der Waals surface area contributed by atoms with Crippen molar-refractivity contribution in [2.45, 2.75) is 39.7 Å². The molecule has 1 aromatic rings. The normalized spacial score (nSPS) is 13.1. The van der Waals surface area contributed by atoms with Gasteiger partial charge < -0.3 is 5.32 Å². The summed E-state index contributed by atoms with van der Waals surface area (Å²) in [5.74, 6) is 0.508. The lowest BCUT2D eigenvalue weighted by Gasteiger charge is -2.20. The number of nitrogens with one attached hydrogen (secondary N) is 1. The minimum absolute atomic E-state index is 0.111. The van der Waals surface area contributed by atoms with Crippen molar-refractivity contribution in [2.24, 2.45) is 5.92 Å². The number of hydrogen-bond donors (Lipinski definition) is 1. The Bertz CT molecular complexity index is 352.